The molecule has 0 spiro atoms. The van der Waals surface area contributed by atoms with Gasteiger partial charge in [0.2, 0.25) is 0 Å². The molecule has 0 bridgehead atoms. The average molecular weight is 675 g/mol. The molecule has 1 aromatic heterocycles. The van der Waals surface area contributed by atoms with Crippen molar-refractivity contribution < 1.29 is 28.5 Å². The number of hydrogen-bond donors (Lipinski definition) is 2. The summed E-state index contributed by atoms with van der Waals surface area (Å²) in [6.45, 7) is 9.45. The number of nitrogens with two attached hydrogens (primary N) is 2. The first-order chi connectivity index (χ1) is 23.7. The fraction of sp³-hybridized carbons (Fsp3) is 0.389. The van der Waals surface area contributed by atoms with Crippen molar-refractivity contribution in [1.82, 2.24) is 4.57 Å². The number of unbranched alkanes of at least 4 members (excludes halogenated alkanes) is 2. The number of fused-ring (bicyclic) bond motifs is 3. The van der Waals surface area contributed by atoms with Gasteiger partial charge >= 0.3 is 11.9 Å². The summed E-state index contributed by atoms with van der Waals surface area (Å²) in [5.41, 5.74) is 12.0. The first-order valence-corrected chi connectivity index (χ1v) is 16.3. The maximum Gasteiger partial charge on any atom is 0.330 e. The normalized spacial score (nSPS) is 11.8. The van der Waals surface area contributed by atoms with E-state index >= 15 is 0 Å². The minimum atomic E-state index is -0.469. The summed E-state index contributed by atoms with van der Waals surface area (Å²) in [4.78, 5) is 68.1. The number of carbonyl (C=O) groups is 2. The second-order valence-corrected chi connectivity index (χ2v) is 11.3. The molecule has 0 saturated carbocycles. The van der Waals surface area contributed by atoms with E-state index in [-0.39, 0.29) is 75.5 Å². The summed E-state index contributed by atoms with van der Waals surface area (Å²) in [5, 5.41) is 0.634. The Morgan fingerprint density at radius 2 is 1.14 bits per heavy atom. The number of esters is 2. The molecule has 0 unspecified atom stereocenters. The summed E-state index contributed by atoms with van der Waals surface area (Å²) in [7, 11) is 0. The molecule has 0 amide bonds. The maximum absolute atomic E-state index is 13.9. The number of anilines is 2. The average Bonchev–Trinajstić information content (AvgIpc) is 3.39. The molecule has 4 rings (SSSR count). The number of ether oxygens (including phenoxy) is 4. The van der Waals surface area contributed by atoms with Gasteiger partial charge in [0, 0.05) is 62.4 Å². The van der Waals surface area contributed by atoms with Crippen LogP contribution in [0.15, 0.2) is 69.0 Å². The molecule has 4 N–H and O–H groups in total. The lowest BCUT2D eigenvalue weighted by Crippen LogP contribution is -2.28. The third kappa shape index (κ3) is 8.67. The van der Waals surface area contributed by atoms with Gasteiger partial charge < -0.3 is 30.4 Å². The van der Waals surface area contributed by atoms with Crippen LogP contribution >= 0.6 is 0 Å². The molecule has 0 aliphatic heterocycles. The molecule has 0 radical (unpaired) electrons. The van der Waals surface area contributed by atoms with Crippen molar-refractivity contribution >= 4 is 55.6 Å². The zero-order valence-corrected chi connectivity index (χ0v) is 27.5. The molecule has 260 valence electrons. The van der Waals surface area contributed by atoms with Crippen molar-refractivity contribution in [1.29, 1.82) is 0 Å². The van der Waals surface area contributed by atoms with Crippen LogP contribution in [0.5, 0.6) is 0 Å². The van der Waals surface area contributed by atoms with Crippen molar-refractivity contribution in [3.05, 3.63) is 85.9 Å². The fourth-order valence-corrected chi connectivity index (χ4v) is 5.56. The van der Waals surface area contributed by atoms with Crippen LogP contribution in [-0.4, -0.2) is 62.7 Å². The molecule has 0 aliphatic carbocycles. The van der Waals surface area contributed by atoms with E-state index in [0.717, 1.165) is 12.2 Å². The molecule has 0 saturated heterocycles. The standard InChI is InChI=1S/C36H42N4O9/c1-3-25(41)48-21-9-7-17-46-19-11-15-39-35-29-30(36(45)40(35)16-12-20-47-18-8-10-22-49-26(42)4-2)32(38)28-27(31(29)37)33(43)23-13-5-6-14-24(23)34(28)44/h3-6,13-14H,1-2,7-12,15-22,37-38H2. The number of benzene rings is 3. The van der Waals surface area contributed by atoms with Crippen LogP contribution in [0.2, 0.25) is 0 Å². The van der Waals surface area contributed by atoms with Crippen molar-refractivity contribution in [2.75, 3.05) is 57.7 Å². The molecule has 0 atom stereocenters. The highest BCUT2D eigenvalue weighted by Gasteiger charge is 2.24. The number of carbonyl (C=O) groups excluding carboxylic acids is 2. The monoisotopic (exact) mass is 674 g/mol. The van der Waals surface area contributed by atoms with Gasteiger partial charge in [-0.05, 0) is 38.5 Å². The Kier molecular flexibility index (Phi) is 13.4. The maximum atomic E-state index is 13.9. The fourth-order valence-electron chi connectivity index (χ4n) is 5.56. The van der Waals surface area contributed by atoms with Crippen molar-refractivity contribution in [3.8, 4) is 0 Å². The van der Waals surface area contributed by atoms with Gasteiger partial charge in [0.25, 0.3) is 5.56 Å². The number of rotatable bonds is 20. The third-order valence-electron chi connectivity index (χ3n) is 7.95. The predicted octanol–water partition coefficient (Wildman–Crippen LogP) is 2.80. The Morgan fingerprint density at radius 3 is 1.67 bits per heavy atom. The highest BCUT2D eigenvalue weighted by molar-refractivity contribution is 6.20. The zero-order chi connectivity index (χ0) is 35.3. The Balaban J connectivity index is 1.56. The van der Waals surface area contributed by atoms with Gasteiger partial charge in [0.05, 0.1) is 46.1 Å². The Morgan fingerprint density at radius 1 is 0.673 bits per heavy atom. The van der Waals surface area contributed by atoms with E-state index in [1.54, 1.807) is 24.3 Å². The number of aromatic nitrogens is 1. The summed E-state index contributed by atoms with van der Waals surface area (Å²) in [6, 6.07) is 6.44. The van der Waals surface area contributed by atoms with Crippen LogP contribution in [-0.2, 0) is 35.1 Å². The SMILES string of the molecule is C=CC(=O)OCCCCOCCCN=c1c2c(N)c3c(=O)c4ccccc4c(=O)c3c(N)c2c(=O)n1CCCOCCCCOC(=O)C=C. The van der Waals surface area contributed by atoms with Crippen LogP contribution in [0.3, 0.4) is 0 Å². The number of hydrogen-bond acceptors (Lipinski definition) is 12. The molecule has 4 aromatic rings. The lowest BCUT2D eigenvalue weighted by atomic mass is 9.96. The van der Waals surface area contributed by atoms with E-state index in [4.69, 9.17) is 35.4 Å². The smallest absolute Gasteiger partial charge is 0.330 e. The van der Waals surface area contributed by atoms with Crippen molar-refractivity contribution in [3.63, 3.8) is 0 Å². The lowest BCUT2D eigenvalue weighted by Gasteiger charge is -2.08. The highest BCUT2D eigenvalue weighted by atomic mass is 16.5. The molecule has 3 aromatic carbocycles. The van der Waals surface area contributed by atoms with Crippen LogP contribution in [0.1, 0.15) is 38.5 Å². The largest absolute Gasteiger partial charge is 0.463 e. The van der Waals surface area contributed by atoms with Gasteiger partial charge in [-0.25, -0.2) is 9.59 Å². The van der Waals surface area contributed by atoms with Gasteiger partial charge in [0.1, 0.15) is 5.49 Å². The van der Waals surface area contributed by atoms with E-state index in [9.17, 15) is 24.0 Å². The first kappa shape index (κ1) is 36.7. The summed E-state index contributed by atoms with van der Waals surface area (Å²) in [5.74, 6) is -0.929. The van der Waals surface area contributed by atoms with E-state index in [2.05, 4.69) is 13.2 Å². The van der Waals surface area contributed by atoms with Crippen LogP contribution in [0.25, 0.3) is 32.3 Å². The van der Waals surface area contributed by atoms with Gasteiger partial charge in [-0.15, -0.1) is 0 Å². The second-order valence-electron chi connectivity index (χ2n) is 11.3. The van der Waals surface area contributed by atoms with Gasteiger partial charge in [-0.3, -0.25) is 23.9 Å². The minimum absolute atomic E-state index is 0.0107. The molecular formula is C36H42N4O9. The van der Waals surface area contributed by atoms with E-state index in [0.29, 0.717) is 65.0 Å². The molecule has 1 heterocycles. The van der Waals surface area contributed by atoms with E-state index < -0.39 is 28.4 Å². The highest BCUT2D eigenvalue weighted by Crippen LogP contribution is 2.31. The number of nitrogen functional groups attached to an aromatic ring is 2. The zero-order valence-electron chi connectivity index (χ0n) is 27.5. The van der Waals surface area contributed by atoms with Gasteiger partial charge in [-0.2, -0.15) is 0 Å². The van der Waals surface area contributed by atoms with Crippen LogP contribution < -0.4 is 33.4 Å². The van der Waals surface area contributed by atoms with Crippen LogP contribution in [0.4, 0.5) is 11.4 Å². The quantitative estimate of drug-likeness (QED) is 0.0350. The first-order valence-electron chi connectivity index (χ1n) is 16.3. The molecule has 0 aliphatic rings. The molecule has 13 nitrogen and oxygen atoms in total. The molecule has 0 fully saturated rings. The van der Waals surface area contributed by atoms with Crippen molar-refractivity contribution in [2.24, 2.45) is 4.99 Å². The third-order valence-corrected chi connectivity index (χ3v) is 7.95. The topological polar surface area (TPSA) is 192 Å². The predicted molar refractivity (Wildman–Crippen MR) is 189 cm³/mol. The van der Waals surface area contributed by atoms with Crippen molar-refractivity contribution in [2.45, 2.75) is 45.1 Å². The number of nitrogens with zero attached hydrogens (tertiary/aromatic N) is 2. The Labute approximate surface area is 282 Å². The molecule has 49 heavy (non-hydrogen) atoms. The van der Waals surface area contributed by atoms with E-state index in [1.165, 1.54) is 4.57 Å². The van der Waals surface area contributed by atoms with E-state index in [1.807, 2.05) is 0 Å². The van der Waals surface area contributed by atoms with Crippen LogP contribution in [0, 0.1) is 0 Å². The summed E-state index contributed by atoms with van der Waals surface area (Å²) >= 11 is 0. The summed E-state index contributed by atoms with van der Waals surface area (Å²) < 4.78 is 22.8. The minimum Gasteiger partial charge on any atom is -0.463 e. The molecule has 13 heteroatoms. The summed E-state index contributed by atoms with van der Waals surface area (Å²) in [6.07, 6.45) is 5.89. The van der Waals surface area contributed by atoms with Gasteiger partial charge in [0.15, 0.2) is 10.9 Å². The lowest BCUT2D eigenvalue weighted by molar-refractivity contribution is -0.138. The van der Waals surface area contributed by atoms with Gasteiger partial charge in [-0.1, -0.05) is 37.4 Å². The molecular weight excluding hydrogens is 632 g/mol. The second kappa shape index (κ2) is 17.9. The Bertz CT molecular complexity index is 2060. The Hall–Kier alpha value is -5.14.